The van der Waals surface area contributed by atoms with Gasteiger partial charge in [0, 0.05) is 18.2 Å². The number of benzene rings is 1. The molecule has 1 aromatic rings. The van der Waals surface area contributed by atoms with Gasteiger partial charge < -0.3 is 14.8 Å². The summed E-state index contributed by atoms with van der Waals surface area (Å²) in [6, 6.07) is 3.29. The van der Waals surface area contributed by atoms with Crippen LogP contribution in [0.4, 0.5) is 5.69 Å². The van der Waals surface area contributed by atoms with Crippen LogP contribution in [0.15, 0.2) is 29.7 Å². The fourth-order valence-electron chi connectivity index (χ4n) is 3.09. The number of allylic oxidation sites excluding steroid dienone is 1. The first-order valence-electron chi connectivity index (χ1n) is 9.08. The predicted molar refractivity (Wildman–Crippen MR) is 111 cm³/mol. The Kier molecular flexibility index (Phi) is 6.77. The Hall–Kier alpha value is -2.48. The molecule has 7 nitrogen and oxygen atoms in total. The van der Waals surface area contributed by atoms with Gasteiger partial charge in [0.05, 0.1) is 26.5 Å². The molecule has 0 bridgehead atoms. The molecular weight excluding hydrogens is 380 g/mol. The fourth-order valence-corrected chi connectivity index (χ4v) is 4.82. The molecule has 0 fully saturated rings. The van der Waals surface area contributed by atoms with Crippen LogP contribution in [-0.2, 0) is 14.8 Å². The quantitative estimate of drug-likeness (QED) is 0.669. The largest absolute Gasteiger partial charge is 0.493 e. The third-order valence-electron chi connectivity index (χ3n) is 4.57. The summed E-state index contributed by atoms with van der Waals surface area (Å²) in [5.41, 5.74) is 1.40. The summed E-state index contributed by atoms with van der Waals surface area (Å²) in [5.74, 6) is 0.655. The number of hydrogen-bond acceptors (Lipinski definition) is 5. The normalized spacial score (nSPS) is 15.3. The fraction of sp³-hybridized carbons (Fsp3) is 0.450. The molecule has 0 radical (unpaired) electrons. The summed E-state index contributed by atoms with van der Waals surface area (Å²) in [6.45, 7) is 9.79. The molecule has 1 amide bonds. The van der Waals surface area contributed by atoms with Crippen LogP contribution in [-0.4, -0.2) is 41.6 Å². The van der Waals surface area contributed by atoms with E-state index in [-0.39, 0.29) is 11.4 Å². The molecule has 1 N–H and O–H groups in total. The van der Waals surface area contributed by atoms with Crippen LogP contribution in [0.25, 0.3) is 5.57 Å². The third kappa shape index (κ3) is 4.01. The summed E-state index contributed by atoms with van der Waals surface area (Å²) in [5, 5.41) is 2.73. The minimum absolute atomic E-state index is 0.0286. The van der Waals surface area contributed by atoms with Gasteiger partial charge in [-0.3, -0.25) is 9.10 Å². The minimum Gasteiger partial charge on any atom is -0.493 e. The van der Waals surface area contributed by atoms with Crippen molar-refractivity contribution in [2.24, 2.45) is 5.92 Å². The molecule has 28 heavy (non-hydrogen) atoms. The number of ether oxygens (including phenoxy) is 2. The molecule has 0 saturated carbocycles. The summed E-state index contributed by atoms with van der Waals surface area (Å²) in [6.07, 6.45) is 2.24. The number of hydrogen-bond donors (Lipinski definition) is 1. The Morgan fingerprint density at radius 2 is 1.86 bits per heavy atom. The number of amides is 1. The van der Waals surface area contributed by atoms with E-state index in [0.717, 1.165) is 6.42 Å². The number of carbonyl (C=O) groups excluding carboxylic acids is 1. The Bertz CT molecular complexity index is 903. The number of methoxy groups -OCH3 is 2. The Morgan fingerprint density at radius 1 is 1.25 bits per heavy atom. The number of rotatable bonds is 8. The summed E-state index contributed by atoms with van der Waals surface area (Å²) in [7, 11) is -1.06. The monoisotopic (exact) mass is 408 g/mol. The molecule has 154 valence electrons. The Balaban J connectivity index is 2.64. The SMILES string of the molecule is C=CCN1c2cc(OC)c(OC)cc2C(C)=C(C(=O)NCCC(C)C)S1(=O)=O. The Labute approximate surface area is 167 Å². The maximum atomic E-state index is 13.3. The molecule has 8 heteroatoms. The average Bonchev–Trinajstić information content (AvgIpc) is 2.63. The first-order valence-corrected chi connectivity index (χ1v) is 10.5. The van der Waals surface area contributed by atoms with Crippen LogP contribution >= 0.6 is 0 Å². The number of carbonyl (C=O) groups is 1. The van der Waals surface area contributed by atoms with Crippen LogP contribution in [0, 0.1) is 5.92 Å². The van der Waals surface area contributed by atoms with Crippen molar-refractivity contribution in [3.05, 3.63) is 35.3 Å². The van der Waals surface area contributed by atoms with Crippen LogP contribution in [0.1, 0.15) is 32.8 Å². The van der Waals surface area contributed by atoms with Crippen molar-refractivity contribution in [2.45, 2.75) is 27.2 Å². The lowest BCUT2D eigenvalue weighted by atomic mass is 10.0. The van der Waals surface area contributed by atoms with E-state index in [1.165, 1.54) is 24.6 Å². The van der Waals surface area contributed by atoms with Crippen molar-refractivity contribution < 1.29 is 22.7 Å². The second kappa shape index (κ2) is 8.68. The second-order valence-corrected chi connectivity index (χ2v) is 8.74. The van der Waals surface area contributed by atoms with Gasteiger partial charge in [-0.1, -0.05) is 19.9 Å². The van der Waals surface area contributed by atoms with Crippen molar-refractivity contribution in [3.8, 4) is 11.5 Å². The Morgan fingerprint density at radius 3 is 2.39 bits per heavy atom. The standard InChI is InChI=1S/C20H28N2O5S/c1-7-10-22-16-12-18(27-6)17(26-5)11-15(16)14(4)19(28(22,24)25)20(23)21-9-8-13(2)3/h7,11-13H,1,8-10H2,2-6H3,(H,21,23). The van der Waals surface area contributed by atoms with E-state index in [1.54, 1.807) is 19.1 Å². The highest BCUT2D eigenvalue weighted by atomic mass is 32.2. The predicted octanol–water partition coefficient (Wildman–Crippen LogP) is 2.93. The lowest BCUT2D eigenvalue weighted by molar-refractivity contribution is -0.116. The zero-order chi connectivity index (χ0) is 21.1. The molecule has 1 aliphatic heterocycles. The van der Waals surface area contributed by atoms with E-state index in [2.05, 4.69) is 11.9 Å². The van der Waals surface area contributed by atoms with Gasteiger partial charge in [0.1, 0.15) is 0 Å². The zero-order valence-electron chi connectivity index (χ0n) is 17.0. The molecule has 0 atom stereocenters. The zero-order valence-corrected chi connectivity index (χ0v) is 17.9. The van der Waals surface area contributed by atoms with E-state index in [0.29, 0.717) is 40.8 Å². The molecule has 0 aliphatic carbocycles. The van der Waals surface area contributed by atoms with E-state index in [1.807, 2.05) is 13.8 Å². The highest BCUT2D eigenvalue weighted by Crippen LogP contribution is 2.44. The first-order chi connectivity index (χ1) is 13.2. The smallest absolute Gasteiger partial charge is 0.270 e. The van der Waals surface area contributed by atoms with Crippen molar-refractivity contribution in [1.82, 2.24) is 5.32 Å². The van der Waals surface area contributed by atoms with Crippen LogP contribution < -0.4 is 19.1 Å². The molecule has 0 saturated heterocycles. The molecule has 0 unspecified atom stereocenters. The number of nitrogens with one attached hydrogen (secondary N) is 1. The summed E-state index contributed by atoms with van der Waals surface area (Å²) >= 11 is 0. The highest BCUT2D eigenvalue weighted by Gasteiger charge is 2.39. The van der Waals surface area contributed by atoms with E-state index in [4.69, 9.17) is 9.47 Å². The minimum atomic E-state index is -4.05. The van der Waals surface area contributed by atoms with Gasteiger partial charge in [0.25, 0.3) is 15.9 Å². The number of fused-ring (bicyclic) bond motifs is 1. The van der Waals surface area contributed by atoms with Crippen molar-refractivity contribution in [2.75, 3.05) is 31.6 Å². The van der Waals surface area contributed by atoms with E-state index in [9.17, 15) is 13.2 Å². The van der Waals surface area contributed by atoms with E-state index >= 15 is 0 Å². The van der Waals surface area contributed by atoms with Crippen molar-refractivity contribution >= 4 is 27.2 Å². The van der Waals surface area contributed by atoms with Gasteiger partial charge in [0.2, 0.25) is 0 Å². The van der Waals surface area contributed by atoms with Gasteiger partial charge in [-0.05, 0) is 30.9 Å². The number of anilines is 1. The average molecular weight is 409 g/mol. The van der Waals surface area contributed by atoms with Gasteiger partial charge in [-0.15, -0.1) is 6.58 Å². The second-order valence-electron chi connectivity index (χ2n) is 6.94. The third-order valence-corrected chi connectivity index (χ3v) is 6.51. The van der Waals surface area contributed by atoms with Gasteiger partial charge in [-0.2, -0.15) is 0 Å². The van der Waals surface area contributed by atoms with Crippen LogP contribution in [0.2, 0.25) is 0 Å². The summed E-state index contributed by atoms with van der Waals surface area (Å²) in [4.78, 5) is 12.5. The lowest BCUT2D eigenvalue weighted by Gasteiger charge is -2.32. The first kappa shape index (κ1) is 21.8. The molecule has 1 heterocycles. The molecule has 0 spiro atoms. The molecular formula is C20H28N2O5S. The topological polar surface area (TPSA) is 84.9 Å². The van der Waals surface area contributed by atoms with Gasteiger partial charge >= 0.3 is 0 Å². The molecule has 1 aliphatic rings. The van der Waals surface area contributed by atoms with Crippen LogP contribution in [0.3, 0.4) is 0 Å². The highest BCUT2D eigenvalue weighted by molar-refractivity contribution is 7.97. The maximum absolute atomic E-state index is 13.3. The van der Waals surface area contributed by atoms with Crippen LogP contribution in [0.5, 0.6) is 11.5 Å². The van der Waals surface area contributed by atoms with Gasteiger partial charge in [0.15, 0.2) is 16.4 Å². The molecule has 2 rings (SSSR count). The molecule has 0 aromatic heterocycles. The lowest BCUT2D eigenvalue weighted by Crippen LogP contribution is -2.41. The van der Waals surface area contributed by atoms with Gasteiger partial charge in [-0.25, -0.2) is 8.42 Å². The number of sulfonamides is 1. The molecule has 1 aromatic carbocycles. The van der Waals surface area contributed by atoms with E-state index < -0.39 is 15.9 Å². The number of nitrogens with zero attached hydrogens (tertiary/aromatic N) is 1. The maximum Gasteiger partial charge on any atom is 0.270 e. The van der Waals surface area contributed by atoms with Crippen molar-refractivity contribution in [1.29, 1.82) is 0 Å². The summed E-state index contributed by atoms with van der Waals surface area (Å²) < 4.78 is 38.3. The van der Waals surface area contributed by atoms with Crippen molar-refractivity contribution in [3.63, 3.8) is 0 Å².